The van der Waals surface area contributed by atoms with Gasteiger partial charge < -0.3 is 15.3 Å². The van der Waals surface area contributed by atoms with E-state index in [0.717, 1.165) is 30.6 Å². The second-order valence-corrected chi connectivity index (χ2v) is 8.02. The van der Waals surface area contributed by atoms with Crippen molar-refractivity contribution in [1.82, 2.24) is 14.9 Å². The predicted octanol–water partition coefficient (Wildman–Crippen LogP) is 4.16. The molecule has 1 saturated carbocycles. The van der Waals surface area contributed by atoms with Gasteiger partial charge in [-0.1, -0.05) is 6.92 Å². The zero-order valence-corrected chi connectivity index (χ0v) is 16.3. The second kappa shape index (κ2) is 7.17. The van der Waals surface area contributed by atoms with Crippen molar-refractivity contribution >= 4 is 17.7 Å². The van der Waals surface area contributed by atoms with Gasteiger partial charge in [0.2, 0.25) is 0 Å². The minimum atomic E-state index is -4.73. The number of carboxylic acid groups (broad SMARTS) is 1. The standard InChI is InChI=1S/C20H18F4N4O3/c1-10-4-13-7-19(6-10,17(29)30)28(13)18(31)27-12-2-3-15(20(22,23)24)14(5-12)16-25-8-11(21)9-26-16/h2-3,5,8-10,13H,4,6-7H2,1H3,(H,27,31)(H,29,30). The number of anilines is 1. The Labute approximate surface area is 174 Å². The van der Waals surface area contributed by atoms with Crippen molar-refractivity contribution in [2.75, 3.05) is 5.32 Å². The van der Waals surface area contributed by atoms with Crippen LogP contribution in [0.3, 0.4) is 0 Å². The normalized spacial score (nSPS) is 25.0. The molecule has 3 atom stereocenters. The Bertz CT molecular complexity index is 1040. The highest BCUT2D eigenvalue weighted by molar-refractivity contribution is 5.96. The van der Waals surface area contributed by atoms with E-state index in [-0.39, 0.29) is 23.5 Å². The zero-order valence-electron chi connectivity index (χ0n) is 16.3. The van der Waals surface area contributed by atoms with E-state index in [2.05, 4.69) is 15.3 Å². The number of piperidine rings is 1. The summed E-state index contributed by atoms with van der Waals surface area (Å²) in [6.07, 6.45) is -1.92. The topological polar surface area (TPSA) is 95.4 Å². The third-order valence-electron chi connectivity index (χ3n) is 5.81. The number of aromatic nitrogens is 2. The van der Waals surface area contributed by atoms with Gasteiger partial charge in [0.05, 0.1) is 18.0 Å². The number of benzene rings is 1. The van der Waals surface area contributed by atoms with E-state index in [1.165, 1.54) is 4.90 Å². The molecule has 5 rings (SSSR count). The van der Waals surface area contributed by atoms with Crippen LogP contribution < -0.4 is 5.32 Å². The van der Waals surface area contributed by atoms with Crippen molar-refractivity contribution in [3.05, 3.63) is 42.0 Å². The van der Waals surface area contributed by atoms with Gasteiger partial charge in [0, 0.05) is 23.7 Å². The first-order valence-electron chi connectivity index (χ1n) is 9.54. The van der Waals surface area contributed by atoms with Gasteiger partial charge in [-0.3, -0.25) is 0 Å². The first-order valence-corrected chi connectivity index (χ1v) is 9.54. The molecule has 2 aliphatic heterocycles. The molecule has 31 heavy (non-hydrogen) atoms. The van der Waals surface area contributed by atoms with Crippen molar-refractivity contribution < 1.29 is 32.3 Å². The smallest absolute Gasteiger partial charge is 0.417 e. The number of carbonyl (C=O) groups excluding carboxylic acids is 1. The number of carbonyl (C=O) groups is 2. The van der Waals surface area contributed by atoms with Crippen molar-refractivity contribution in [3.8, 4) is 11.4 Å². The van der Waals surface area contributed by atoms with Gasteiger partial charge in [0.25, 0.3) is 0 Å². The maximum absolute atomic E-state index is 13.4. The Hall–Kier alpha value is -3.24. The molecule has 2 aromatic rings. The molecule has 2 bridgehead atoms. The zero-order chi connectivity index (χ0) is 22.6. The Morgan fingerprint density at radius 1 is 1.23 bits per heavy atom. The van der Waals surface area contributed by atoms with Crippen LogP contribution >= 0.6 is 0 Å². The lowest BCUT2D eigenvalue weighted by Gasteiger charge is -2.60. The SMILES string of the molecule is CC1CC2CC(C(=O)O)(C1)N2C(=O)Nc1ccc(C(F)(F)F)c(-c2ncc(F)cn2)c1. The average molecular weight is 438 g/mol. The van der Waals surface area contributed by atoms with E-state index in [0.29, 0.717) is 19.3 Å². The van der Waals surface area contributed by atoms with Crippen LogP contribution in [0.2, 0.25) is 0 Å². The molecular weight excluding hydrogens is 420 g/mol. The van der Waals surface area contributed by atoms with Crippen LogP contribution in [0, 0.1) is 11.7 Å². The van der Waals surface area contributed by atoms with Gasteiger partial charge in [0.1, 0.15) is 5.54 Å². The molecule has 11 heteroatoms. The summed E-state index contributed by atoms with van der Waals surface area (Å²) >= 11 is 0. The molecule has 3 fully saturated rings. The fourth-order valence-corrected chi connectivity index (χ4v) is 4.64. The van der Waals surface area contributed by atoms with Crippen molar-refractivity contribution in [1.29, 1.82) is 0 Å². The number of hydrogen-bond donors (Lipinski definition) is 2. The molecule has 2 N–H and O–H groups in total. The van der Waals surface area contributed by atoms with E-state index in [9.17, 15) is 32.3 Å². The average Bonchev–Trinajstić information content (AvgIpc) is 2.66. The molecule has 2 amide bonds. The first-order chi connectivity index (χ1) is 14.5. The number of nitrogens with one attached hydrogen (secondary N) is 1. The monoisotopic (exact) mass is 438 g/mol. The molecule has 1 aromatic carbocycles. The van der Waals surface area contributed by atoms with E-state index in [1.54, 1.807) is 0 Å². The number of carboxylic acids is 1. The molecule has 1 aliphatic carbocycles. The van der Waals surface area contributed by atoms with Gasteiger partial charge in [0.15, 0.2) is 11.6 Å². The summed E-state index contributed by atoms with van der Waals surface area (Å²) < 4.78 is 53.4. The third-order valence-corrected chi connectivity index (χ3v) is 5.81. The number of rotatable bonds is 3. The lowest BCUT2D eigenvalue weighted by molar-refractivity contribution is -0.173. The quantitative estimate of drug-likeness (QED) is 0.702. The number of amides is 2. The maximum Gasteiger partial charge on any atom is 0.417 e. The van der Waals surface area contributed by atoms with Crippen LogP contribution in [0.4, 0.5) is 28.0 Å². The second-order valence-electron chi connectivity index (χ2n) is 8.02. The number of hydrogen-bond acceptors (Lipinski definition) is 4. The van der Waals surface area contributed by atoms with E-state index in [1.807, 2.05) is 6.92 Å². The molecule has 1 aromatic heterocycles. The van der Waals surface area contributed by atoms with Gasteiger partial charge in [-0.25, -0.2) is 23.9 Å². The van der Waals surface area contributed by atoms with Crippen LogP contribution in [0.1, 0.15) is 31.7 Å². The first kappa shape index (κ1) is 21.0. The summed E-state index contributed by atoms with van der Waals surface area (Å²) in [6.45, 7) is 1.92. The van der Waals surface area contributed by atoms with Crippen LogP contribution in [-0.4, -0.2) is 43.6 Å². The number of urea groups is 1. The number of nitrogens with zero attached hydrogens (tertiary/aromatic N) is 3. The third kappa shape index (κ3) is 3.57. The molecule has 164 valence electrons. The molecule has 3 aliphatic rings. The summed E-state index contributed by atoms with van der Waals surface area (Å²) in [5.74, 6) is -2.12. The molecule has 0 spiro atoms. The van der Waals surface area contributed by atoms with Crippen LogP contribution in [0.25, 0.3) is 11.4 Å². The van der Waals surface area contributed by atoms with Crippen molar-refractivity contribution in [2.24, 2.45) is 5.92 Å². The highest BCUT2D eigenvalue weighted by atomic mass is 19.4. The number of aliphatic carboxylic acids is 1. The van der Waals surface area contributed by atoms with Crippen LogP contribution in [0.5, 0.6) is 0 Å². The molecule has 7 nitrogen and oxygen atoms in total. The number of fused-ring (bicyclic) bond motifs is 2. The minimum Gasteiger partial charge on any atom is -0.479 e. The lowest BCUT2D eigenvalue weighted by atomic mass is 9.64. The van der Waals surface area contributed by atoms with Gasteiger partial charge in [-0.05, 0) is 37.0 Å². The largest absolute Gasteiger partial charge is 0.479 e. The van der Waals surface area contributed by atoms with Crippen LogP contribution in [-0.2, 0) is 11.0 Å². The van der Waals surface area contributed by atoms with Crippen LogP contribution in [0.15, 0.2) is 30.6 Å². The lowest BCUT2D eigenvalue weighted by Crippen LogP contribution is -2.75. The Morgan fingerprint density at radius 3 is 2.52 bits per heavy atom. The summed E-state index contributed by atoms with van der Waals surface area (Å²) in [5.41, 5.74) is -2.77. The summed E-state index contributed by atoms with van der Waals surface area (Å²) in [5, 5.41) is 12.2. The summed E-state index contributed by atoms with van der Waals surface area (Å²) in [6, 6.07) is 1.94. The van der Waals surface area contributed by atoms with Gasteiger partial charge >= 0.3 is 18.2 Å². The Morgan fingerprint density at radius 2 is 1.90 bits per heavy atom. The number of halogens is 4. The fourth-order valence-electron chi connectivity index (χ4n) is 4.64. The summed E-state index contributed by atoms with van der Waals surface area (Å²) in [4.78, 5) is 33.2. The maximum atomic E-state index is 13.4. The van der Waals surface area contributed by atoms with E-state index >= 15 is 0 Å². The number of alkyl halides is 3. The highest BCUT2D eigenvalue weighted by Crippen LogP contribution is 2.50. The van der Waals surface area contributed by atoms with Crippen molar-refractivity contribution in [3.63, 3.8) is 0 Å². The molecular formula is C20H18F4N4O3. The van der Waals surface area contributed by atoms with Gasteiger partial charge in [-0.2, -0.15) is 13.2 Å². The fraction of sp³-hybridized carbons (Fsp3) is 0.400. The van der Waals surface area contributed by atoms with Crippen molar-refractivity contribution in [2.45, 2.75) is 43.9 Å². The highest BCUT2D eigenvalue weighted by Gasteiger charge is 2.63. The summed E-state index contributed by atoms with van der Waals surface area (Å²) in [7, 11) is 0. The van der Waals surface area contributed by atoms with Gasteiger partial charge in [-0.15, -0.1) is 0 Å². The van der Waals surface area contributed by atoms with E-state index < -0.39 is 40.7 Å². The Kier molecular flexibility index (Phi) is 4.86. The molecule has 2 saturated heterocycles. The Balaban J connectivity index is 1.65. The molecule has 3 unspecified atom stereocenters. The molecule has 3 heterocycles. The van der Waals surface area contributed by atoms with E-state index in [4.69, 9.17) is 0 Å². The predicted molar refractivity (Wildman–Crippen MR) is 100 cm³/mol. The molecule has 0 radical (unpaired) electrons. The minimum absolute atomic E-state index is 0.0134.